The van der Waals surface area contributed by atoms with Gasteiger partial charge in [0.1, 0.15) is 0 Å². The second-order valence-corrected chi connectivity index (χ2v) is 4.09. The molecule has 2 rings (SSSR count). The minimum absolute atomic E-state index is 0.929. The summed E-state index contributed by atoms with van der Waals surface area (Å²) in [6.07, 6.45) is 4.36. The minimum Gasteiger partial charge on any atom is -0.308 e. The first-order valence-electron chi connectivity index (χ1n) is 3.72. The maximum atomic E-state index is 3.49. The predicted octanol–water partition coefficient (Wildman–Crippen LogP) is 1.56. The van der Waals surface area contributed by atoms with Gasteiger partial charge >= 0.3 is 0 Å². The molecule has 1 N–H and O–H groups in total. The van der Waals surface area contributed by atoms with Crippen LogP contribution in [0, 0.1) is 5.92 Å². The molecule has 3 unspecified atom stereocenters. The molecule has 9 heavy (non-hydrogen) atoms. The van der Waals surface area contributed by atoms with E-state index in [2.05, 4.69) is 27.9 Å². The molecular formula is C7H12IN. The Labute approximate surface area is 69.7 Å². The van der Waals surface area contributed by atoms with Crippen molar-refractivity contribution in [2.75, 3.05) is 4.43 Å². The molecule has 0 bridgehead atoms. The predicted molar refractivity (Wildman–Crippen MR) is 46.9 cm³/mol. The van der Waals surface area contributed by atoms with E-state index in [1.54, 1.807) is 0 Å². The smallest absolute Gasteiger partial charge is 0.0227 e. The van der Waals surface area contributed by atoms with Gasteiger partial charge in [0.15, 0.2) is 0 Å². The number of alkyl halides is 1. The second-order valence-electron chi connectivity index (χ2n) is 3.21. The van der Waals surface area contributed by atoms with E-state index in [0.29, 0.717) is 0 Å². The van der Waals surface area contributed by atoms with Crippen LogP contribution in [0.15, 0.2) is 0 Å². The molecule has 0 radical (unpaired) electrons. The normalized spacial score (nSPS) is 48.3. The highest BCUT2D eigenvalue weighted by molar-refractivity contribution is 14.1. The van der Waals surface area contributed by atoms with Gasteiger partial charge in [-0.3, -0.25) is 0 Å². The standard InChI is InChI=1S/C7H12IN/c8-4-5-1-2-6-7(3-5)9-6/h5-7,9H,1-4H2. The van der Waals surface area contributed by atoms with E-state index >= 15 is 0 Å². The molecule has 1 aliphatic heterocycles. The van der Waals surface area contributed by atoms with Crippen LogP contribution in [0.3, 0.4) is 0 Å². The van der Waals surface area contributed by atoms with Crippen molar-refractivity contribution in [3.63, 3.8) is 0 Å². The average molecular weight is 237 g/mol. The number of rotatable bonds is 1. The van der Waals surface area contributed by atoms with Crippen LogP contribution in [0.1, 0.15) is 19.3 Å². The number of fused-ring (bicyclic) bond motifs is 1. The van der Waals surface area contributed by atoms with Gasteiger partial charge in [-0.15, -0.1) is 0 Å². The number of hydrogen-bond donors (Lipinski definition) is 1. The maximum absolute atomic E-state index is 3.49. The van der Waals surface area contributed by atoms with E-state index in [1.165, 1.54) is 23.7 Å². The number of hydrogen-bond acceptors (Lipinski definition) is 1. The molecule has 1 aliphatic carbocycles. The number of nitrogens with one attached hydrogen (secondary N) is 1. The van der Waals surface area contributed by atoms with Gasteiger partial charge in [-0.25, -0.2) is 0 Å². The maximum Gasteiger partial charge on any atom is 0.0227 e. The summed E-state index contributed by atoms with van der Waals surface area (Å²) >= 11 is 2.51. The summed E-state index contributed by atoms with van der Waals surface area (Å²) in [5.41, 5.74) is 0. The third kappa shape index (κ3) is 1.24. The van der Waals surface area contributed by atoms with E-state index in [9.17, 15) is 0 Å². The molecule has 0 aromatic heterocycles. The summed E-state index contributed by atoms with van der Waals surface area (Å²) in [6, 6.07) is 1.86. The van der Waals surface area contributed by atoms with Crippen LogP contribution in [0.25, 0.3) is 0 Å². The second kappa shape index (κ2) is 2.38. The SMILES string of the molecule is ICC1CCC2NC2C1. The summed E-state index contributed by atoms with van der Waals surface area (Å²) in [5.74, 6) is 1.03. The molecule has 1 saturated carbocycles. The monoisotopic (exact) mass is 237 g/mol. The van der Waals surface area contributed by atoms with Gasteiger partial charge in [-0.1, -0.05) is 22.6 Å². The molecule has 2 fully saturated rings. The quantitative estimate of drug-likeness (QED) is 0.417. The summed E-state index contributed by atoms with van der Waals surface area (Å²) in [4.78, 5) is 0. The van der Waals surface area contributed by atoms with Crippen molar-refractivity contribution in [3.8, 4) is 0 Å². The Hall–Kier alpha value is 0.690. The fourth-order valence-corrected chi connectivity index (χ4v) is 2.57. The zero-order valence-electron chi connectivity index (χ0n) is 5.44. The fraction of sp³-hybridized carbons (Fsp3) is 1.00. The first-order chi connectivity index (χ1) is 4.40. The molecule has 1 nitrogen and oxygen atoms in total. The van der Waals surface area contributed by atoms with Gasteiger partial charge in [0, 0.05) is 16.5 Å². The van der Waals surface area contributed by atoms with E-state index in [4.69, 9.17) is 0 Å². The number of halogens is 1. The highest BCUT2D eigenvalue weighted by Crippen LogP contribution is 2.33. The molecule has 0 spiro atoms. The zero-order chi connectivity index (χ0) is 6.27. The molecule has 2 aliphatic rings. The lowest BCUT2D eigenvalue weighted by Gasteiger charge is -2.16. The molecule has 1 saturated heterocycles. The Morgan fingerprint density at radius 2 is 2.22 bits per heavy atom. The largest absolute Gasteiger partial charge is 0.308 e. The van der Waals surface area contributed by atoms with Crippen LogP contribution in [-0.2, 0) is 0 Å². The minimum atomic E-state index is 0.929. The Morgan fingerprint density at radius 3 is 2.89 bits per heavy atom. The van der Waals surface area contributed by atoms with Crippen molar-refractivity contribution >= 4 is 22.6 Å². The summed E-state index contributed by atoms with van der Waals surface area (Å²) < 4.78 is 1.36. The van der Waals surface area contributed by atoms with E-state index < -0.39 is 0 Å². The van der Waals surface area contributed by atoms with Gasteiger partial charge in [0.05, 0.1) is 0 Å². The van der Waals surface area contributed by atoms with Crippen LogP contribution in [0.4, 0.5) is 0 Å². The Kier molecular flexibility index (Phi) is 1.69. The van der Waals surface area contributed by atoms with Gasteiger partial charge in [0.2, 0.25) is 0 Å². The third-order valence-corrected chi connectivity index (χ3v) is 3.74. The highest BCUT2D eigenvalue weighted by atomic mass is 127. The third-order valence-electron chi connectivity index (χ3n) is 2.50. The Balaban J connectivity index is 1.86. The van der Waals surface area contributed by atoms with Gasteiger partial charge in [0.25, 0.3) is 0 Å². The molecule has 0 aromatic rings. The summed E-state index contributed by atoms with van der Waals surface area (Å²) in [5, 5.41) is 3.49. The van der Waals surface area contributed by atoms with Crippen LogP contribution < -0.4 is 5.32 Å². The van der Waals surface area contributed by atoms with Gasteiger partial charge < -0.3 is 5.32 Å². The average Bonchev–Trinajstić information content (AvgIpc) is 2.64. The summed E-state index contributed by atoms with van der Waals surface area (Å²) in [7, 11) is 0. The lowest BCUT2D eigenvalue weighted by atomic mass is 9.91. The topological polar surface area (TPSA) is 21.9 Å². The van der Waals surface area contributed by atoms with Crippen LogP contribution in [-0.4, -0.2) is 16.5 Å². The van der Waals surface area contributed by atoms with Crippen molar-refractivity contribution in [1.29, 1.82) is 0 Å². The first kappa shape index (κ1) is 6.40. The van der Waals surface area contributed by atoms with Gasteiger partial charge in [-0.2, -0.15) is 0 Å². The molecule has 0 amide bonds. The van der Waals surface area contributed by atoms with E-state index in [0.717, 1.165) is 18.0 Å². The lowest BCUT2D eigenvalue weighted by Crippen LogP contribution is -2.13. The van der Waals surface area contributed by atoms with Crippen molar-refractivity contribution in [2.24, 2.45) is 5.92 Å². The molecular weight excluding hydrogens is 225 g/mol. The van der Waals surface area contributed by atoms with Crippen molar-refractivity contribution in [3.05, 3.63) is 0 Å². The zero-order valence-corrected chi connectivity index (χ0v) is 7.60. The molecule has 3 atom stereocenters. The van der Waals surface area contributed by atoms with Crippen molar-refractivity contribution in [2.45, 2.75) is 31.3 Å². The fourth-order valence-electron chi connectivity index (χ4n) is 1.77. The Morgan fingerprint density at radius 1 is 1.33 bits per heavy atom. The highest BCUT2D eigenvalue weighted by Gasteiger charge is 2.40. The first-order valence-corrected chi connectivity index (χ1v) is 5.24. The van der Waals surface area contributed by atoms with E-state index in [-0.39, 0.29) is 0 Å². The summed E-state index contributed by atoms with van der Waals surface area (Å²) in [6.45, 7) is 0. The molecule has 2 heteroatoms. The van der Waals surface area contributed by atoms with E-state index in [1.807, 2.05) is 0 Å². The molecule has 0 aromatic carbocycles. The van der Waals surface area contributed by atoms with Crippen LogP contribution in [0.2, 0.25) is 0 Å². The van der Waals surface area contributed by atoms with Crippen molar-refractivity contribution < 1.29 is 0 Å². The Bertz CT molecular complexity index is 115. The molecule has 1 heterocycles. The lowest BCUT2D eigenvalue weighted by molar-refractivity contribution is 0.440. The van der Waals surface area contributed by atoms with Gasteiger partial charge in [-0.05, 0) is 25.2 Å². The van der Waals surface area contributed by atoms with Crippen LogP contribution >= 0.6 is 22.6 Å². The molecule has 52 valence electrons. The van der Waals surface area contributed by atoms with Crippen molar-refractivity contribution in [1.82, 2.24) is 5.32 Å². The van der Waals surface area contributed by atoms with Crippen LogP contribution in [0.5, 0.6) is 0 Å².